The Morgan fingerprint density at radius 2 is 1.95 bits per heavy atom. The first-order chi connectivity index (χ1) is 10.1. The van der Waals surface area contributed by atoms with Gasteiger partial charge in [0.2, 0.25) is 5.95 Å². The summed E-state index contributed by atoms with van der Waals surface area (Å²) in [5, 5.41) is 0. The van der Waals surface area contributed by atoms with Gasteiger partial charge in [-0.3, -0.25) is 9.36 Å². The molecule has 0 unspecified atom stereocenters. The third-order valence-corrected chi connectivity index (χ3v) is 2.81. The third-order valence-electron chi connectivity index (χ3n) is 2.81. The summed E-state index contributed by atoms with van der Waals surface area (Å²) in [5.74, 6) is -0.306. The van der Waals surface area contributed by atoms with Crippen LogP contribution in [0, 0.1) is 5.82 Å². The van der Waals surface area contributed by atoms with Gasteiger partial charge >= 0.3 is 0 Å². The molecule has 0 saturated heterocycles. The van der Waals surface area contributed by atoms with E-state index in [2.05, 4.69) is 15.0 Å². The largest absolute Gasteiger partial charge is 0.368 e. The van der Waals surface area contributed by atoms with Crippen LogP contribution in [0.2, 0.25) is 0 Å². The van der Waals surface area contributed by atoms with Crippen molar-refractivity contribution in [3.63, 3.8) is 0 Å². The van der Waals surface area contributed by atoms with Crippen LogP contribution >= 0.6 is 0 Å². The maximum Gasteiger partial charge on any atom is 0.256 e. The zero-order valence-electron chi connectivity index (χ0n) is 10.8. The molecule has 3 rings (SSSR count). The Hall–Kier alpha value is -3.09. The molecule has 21 heavy (non-hydrogen) atoms. The van der Waals surface area contributed by atoms with Gasteiger partial charge in [-0.25, -0.2) is 19.3 Å². The van der Waals surface area contributed by atoms with E-state index in [-0.39, 0.29) is 22.9 Å². The topological polar surface area (TPSA) is 86.7 Å². The molecule has 0 aromatic carbocycles. The molecular weight excluding hydrogens is 273 g/mol. The van der Waals surface area contributed by atoms with E-state index in [0.29, 0.717) is 5.82 Å². The normalized spacial score (nSPS) is 10.5. The predicted molar refractivity (Wildman–Crippen MR) is 75.2 cm³/mol. The zero-order valence-corrected chi connectivity index (χ0v) is 10.8. The first-order valence-electron chi connectivity index (χ1n) is 6.08. The van der Waals surface area contributed by atoms with Crippen molar-refractivity contribution in [3.8, 4) is 17.2 Å². The van der Waals surface area contributed by atoms with Crippen LogP contribution < -0.4 is 11.3 Å². The van der Waals surface area contributed by atoms with Crippen molar-refractivity contribution in [1.29, 1.82) is 0 Å². The number of anilines is 1. The molecule has 0 amide bonds. The fourth-order valence-electron chi connectivity index (χ4n) is 1.87. The SMILES string of the molecule is Nc1ncc(F)c(-c2cccc(-n3ccccc3=O)n2)n1. The quantitative estimate of drug-likeness (QED) is 0.768. The van der Waals surface area contributed by atoms with Crippen LogP contribution in [-0.2, 0) is 0 Å². The molecule has 0 aliphatic rings. The molecule has 3 aromatic rings. The zero-order chi connectivity index (χ0) is 14.8. The molecule has 7 heteroatoms. The van der Waals surface area contributed by atoms with Gasteiger partial charge in [-0.05, 0) is 18.2 Å². The first kappa shape index (κ1) is 12.9. The maximum atomic E-state index is 13.8. The Morgan fingerprint density at radius 1 is 1.10 bits per heavy atom. The van der Waals surface area contributed by atoms with Gasteiger partial charge in [0.05, 0.1) is 11.9 Å². The molecule has 0 aliphatic carbocycles. The van der Waals surface area contributed by atoms with Crippen LogP contribution in [-0.4, -0.2) is 19.5 Å². The van der Waals surface area contributed by atoms with E-state index in [1.165, 1.54) is 10.6 Å². The minimum Gasteiger partial charge on any atom is -0.368 e. The van der Waals surface area contributed by atoms with Crippen LogP contribution in [0.4, 0.5) is 10.3 Å². The second-order valence-corrected chi connectivity index (χ2v) is 4.21. The van der Waals surface area contributed by atoms with Crippen LogP contribution in [0.3, 0.4) is 0 Å². The van der Waals surface area contributed by atoms with Crippen molar-refractivity contribution < 1.29 is 4.39 Å². The highest BCUT2D eigenvalue weighted by atomic mass is 19.1. The van der Waals surface area contributed by atoms with Crippen LogP contribution in [0.15, 0.2) is 53.6 Å². The van der Waals surface area contributed by atoms with Gasteiger partial charge in [-0.2, -0.15) is 0 Å². The molecule has 0 aliphatic heterocycles. The van der Waals surface area contributed by atoms with Gasteiger partial charge in [0.25, 0.3) is 5.56 Å². The molecule has 0 atom stereocenters. The molecule has 0 radical (unpaired) electrons. The van der Waals surface area contributed by atoms with Crippen LogP contribution in [0.25, 0.3) is 17.2 Å². The van der Waals surface area contributed by atoms with Crippen molar-refractivity contribution >= 4 is 5.95 Å². The fourth-order valence-corrected chi connectivity index (χ4v) is 1.87. The van der Waals surface area contributed by atoms with E-state index in [9.17, 15) is 9.18 Å². The van der Waals surface area contributed by atoms with Crippen molar-refractivity contribution in [2.45, 2.75) is 0 Å². The van der Waals surface area contributed by atoms with Crippen molar-refractivity contribution in [1.82, 2.24) is 19.5 Å². The molecular formula is C14H10FN5O. The number of rotatable bonds is 2. The van der Waals surface area contributed by atoms with Gasteiger partial charge in [-0.15, -0.1) is 0 Å². The van der Waals surface area contributed by atoms with Crippen LogP contribution in [0.5, 0.6) is 0 Å². The first-order valence-corrected chi connectivity index (χ1v) is 6.08. The molecule has 0 saturated carbocycles. The monoisotopic (exact) mass is 283 g/mol. The second kappa shape index (κ2) is 5.12. The number of pyridine rings is 2. The van der Waals surface area contributed by atoms with E-state index in [4.69, 9.17) is 5.73 Å². The summed E-state index contributed by atoms with van der Waals surface area (Å²) in [6.45, 7) is 0. The lowest BCUT2D eigenvalue weighted by Gasteiger charge is -2.07. The lowest BCUT2D eigenvalue weighted by molar-refractivity contribution is 0.618. The molecule has 0 spiro atoms. The Balaban J connectivity index is 2.15. The molecule has 0 fully saturated rings. The van der Waals surface area contributed by atoms with E-state index in [0.717, 1.165) is 6.20 Å². The number of nitrogens with two attached hydrogens (primary N) is 1. The minimum absolute atomic E-state index is 0.00618. The summed E-state index contributed by atoms with van der Waals surface area (Å²) in [6, 6.07) is 9.65. The second-order valence-electron chi connectivity index (χ2n) is 4.21. The Morgan fingerprint density at radius 3 is 2.76 bits per heavy atom. The summed E-state index contributed by atoms with van der Waals surface area (Å²) in [7, 11) is 0. The van der Waals surface area contributed by atoms with Crippen molar-refractivity contribution in [2.75, 3.05) is 5.73 Å². The smallest absolute Gasteiger partial charge is 0.256 e. The van der Waals surface area contributed by atoms with Crippen molar-refractivity contribution in [3.05, 3.63) is 65.0 Å². The van der Waals surface area contributed by atoms with E-state index >= 15 is 0 Å². The third kappa shape index (κ3) is 2.48. The van der Waals surface area contributed by atoms with Gasteiger partial charge in [0.1, 0.15) is 11.5 Å². The summed E-state index contributed by atoms with van der Waals surface area (Å²) < 4.78 is 15.1. The summed E-state index contributed by atoms with van der Waals surface area (Å²) >= 11 is 0. The summed E-state index contributed by atoms with van der Waals surface area (Å²) in [4.78, 5) is 23.5. The highest BCUT2D eigenvalue weighted by Crippen LogP contribution is 2.19. The van der Waals surface area contributed by atoms with E-state index in [1.807, 2.05) is 0 Å². The molecule has 104 valence electrons. The Bertz CT molecular complexity index is 862. The number of hydrogen-bond acceptors (Lipinski definition) is 5. The Kier molecular flexibility index (Phi) is 3.15. The molecule has 3 aromatic heterocycles. The highest BCUT2D eigenvalue weighted by molar-refractivity contribution is 5.57. The number of nitrogens with zero attached hydrogens (tertiary/aromatic N) is 4. The predicted octanol–water partition coefficient (Wildman–Crippen LogP) is 1.41. The van der Waals surface area contributed by atoms with E-state index < -0.39 is 5.82 Å². The lowest BCUT2D eigenvalue weighted by atomic mass is 10.2. The molecule has 0 bridgehead atoms. The minimum atomic E-state index is -0.630. The fraction of sp³-hybridized carbons (Fsp3) is 0. The summed E-state index contributed by atoms with van der Waals surface area (Å²) in [5.41, 5.74) is 5.50. The average molecular weight is 283 g/mol. The average Bonchev–Trinajstić information content (AvgIpc) is 2.50. The standard InChI is InChI=1S/C14H10FN5O/c15-9-8-17-14(16)19-13(9)10-4-3-5-11(18-10)20-7-2-1-6-12(20)21/h1-8H,(H2,16,17,19). The maximum absolute atomic E-state index is 13.8. The van der Waals surface area contributed by atoms with Crippen molar-refractivity contribution in [2.24, 2.45) is 0 Å². The van der Waals surface area contributed by atoms with Gasteiger partial charge in [0, 0.05) is 12.3 Å². The summed E-state index contributed by atoms with van der Waals surface area (Å²) in [6.07, 6.45) is 2.57. The van der Waals surface area contributed by atoms with Gasteiger partial charge < -0.3 is 5.73 Å². The molecule has 3 heterocycles. The Labute approximate surface area is 118 Å². The molecule has 6 nitrogen and oxygen atoms in total. The van der Waals surface area contributed by atoms with Crippen LogP contribution in [0.1, 0.15) is 0 Å². The molecule has 2 N–H and O–H groups in total. The number of nitrogen functional groups attached to an aromatic ring is 1. The highest BCUT2D eigenvalue weighted by Gasteiger charge is 2.11. The lowest BCUT2D eigenvalue weighted by Crippen LogP contribution is -2.16. The number of halogens is 1. The number of hydrogen-bond donors (Lipinski definition) is 1. The van der Waals surface area contributed by atoms with Gasteiger partial charge in [-0.1, -0.05) is 12.1 Å². The van der Waals surface area contributed by atoms with Gasteiger partial charge in [0.15, 0.2) is 5.82 Å². The van der Waals surface area contributed by atoms with E-state index in [1.54, 1.807) is 36.5 Å². The number of aromatic nitrogens is 4.